The maximum atomic E-state index is 11.5. The fourth-order valence-electron chi connectivity index (χ4n) is 2.08. The maximum absolute atomic E-state index is 11.5. The summed E-state index contributed by atoms with van der Waals surface area (Å²) < 4.78 is 6.16. The van der Waals surface area contributed by atoms with Crippen LogP contribution >= 0.6 is 0 Å². The van der Waals surface area contributed by atoms with E-state index in [1.165, 1.54) is 13.4 Å². The van der Waals surface area contributed by atoms with E-state index in [1.54, 1.807) is 4.57 Å². The van der Waals surface area contributed by atoms with Crippen LogP contribution in [-0.2, 0) is 17.9 Å². The summed E-state index contributed by atoms with van der Waals surface area (Å²) in [4.78, 5) is 15.5. The van der Waals surface area contributed by atoms with Gasteiger partial charge in [-0.15, -0.1) is 0 Å². The second kappa shape index (κ2) is 6.51. The van der Waals surface area contributed by atoms with E-state index in [0.29, 0.717) is 5.69 Å². The molecule has 0 aliphatic heterocycles. The van der Waals surface area contributed by atoms with Gasteiger partial charge in [-0.2, -0.15) is 0 Å². The van der Waals surface area contributed by atoms with Crippen molar-refractivity contribution in [3.05, 3.63) is 53.1 Å². The topological polar surface area (TPSA) is 84.6 Å². The van der Waals surface area contributed by atoms with Gasteiger partial charge in [0.15, 0.2) is 5.69 Å². The molecule has 1 aromatic heterocycles. The lowest BCUT2D eigenvalue weighted by Gasteiger charge is -2.14. The molecule has 1 aromatic carbocycles. The Balaban J connectivity index is 2.21. The number of aryl methyl sites for hydroxylation is 1. The molecule has 1 atom stereocenters. The molecule has 0 amide bonds. The number of esters is 1. The molecule has 2 aromatic rings. The first kappa shape index (κ1) is 15.2. The van der Waals surface area contributed by atoms with Crippen LogP contribution in [0.5, 0.6) is 0 Å². The van der Waals surface area contributed by atoms with Gasteiger partial charge in [-0.3, -0.25) is 0 Å². The van der Waals surface area contributed by atoms with Crippen LogP contribution in [0.2, 0.25) is 0 Å². The number of aliphatic hydroxyl groups is 2. The van der Waals surface area contributed by atoms with Crippen molar-refractivity contribution in [3.8, 4) is 0 Å². The Hall–Kier alpha value is -2.18. The minimum Gasteiger partial charge on any atom is -0.464 e. The molecular formula is C15H18N2O4. The molecular weight excluding hydrogens is 272 g/mol. The summed E-state index contributed by atoms with van der Waals surface area (Å²) in [5.41, 5.74) is 2.26. The summed E-state index contributed by atoms with van der Waals surface area (Å²) in [6.07, 6.45) is 0.658. The van der Waals surface area contributed by atoms with E-state index in [1.807, 2.05) is 31.2 Å². The first-order chi connectivity index (χ1) is 10.1. The lowest BCUT2D eigenvalue weighted by Crippen LogP contribution is -2.13. The zero-order chi connectivity index (χ0) is 15.4. The Kier molecular flexibility index (Phi) is 4.72. The van der Waals surface area contributed by atoms with Gasteiger partial charge in [0.1, 0.15) is 0 Å². The minimum atomic E-state index is -0.754. The van der Waals surface area contributed by atoms with E-state index >= 15 is 0 Å². The molecule has 0 radical (unpaired) electrons. The summed E-state index contributed by atoms with van der Waals surface area (Å²) in [5.74, 6) is -0.609. The molecule has 6 nitrogen and oxygen atoms in total. The number of imidazole rings is 1. The van der Waals surface area contributed by atoms with Crippen LogP contribution in [-0.4, -0.2) is 32.8 Å². The van der Waals surface area contributed by atoms with Crippen molar-refractivity contribution in [1.29, 1.82) is 0 Å². The molecule has 0 saturated heterocycles. The minimum absolute atomic E-state index is 0.0658. The molecule has 2 rings (SSSR count). The Morgan fingerprint density at radius 2 is 2.05 bits per heavy atom. The van der Waals surface area contributed by atoms with Gasteiger partial charge in [0.25, 0.3) is 0 Å². The number of nitrogens with zero attached hydrogens (tertiary/aromatic N) is 2. The SMILES string of the molecule is COC(=O)c1ncn(C[C@H](O)c2ccc(C)cc2)c1CO. The number of hydrogen-bond acceptors (Lipinski definition) is 5. The van der Waals surface area contributed by atoms with Crippen molar-refractivity contribution >= 4 is 5.97 Å². The van der Waals surface area contributed by atoms with Crippen molar-refractivity contribution in [2.45, 2.75) is 26.2 Å². The molecule has 112 valence electrons. The van der Waals surface area contributed by atoms with Crippen LogP contribution in [0.1, 0.15) is 33.4 Å². The van der Waals surface area contributed by atoms with Crippen molar-refractivity contribution in [2.24, 2.45) is 0 Å². The van der Waals surface area contributed by atoms with Crippen LogP contribution in [0.15, 0.2) is 30.6 Å². The fourth-order valence-corrected chi connectivity index (χ4v) is 2.08. The van der Waals surface area contributed by atoms with Crippen LogP contribution < -0.4 is 0 Å². The average molecular weight is 290 g/mol. The standard InChI is InChI=1S/C15H18N2O4/c1-10-3-5-11(6-4-10)13(19)7-17-9-16-14(12(17)8-18)15(20)21-2/h3-6,9,13,18-19H,7-8H2,1-2H3/t13-/m0/s1. The quantitative estimate of drug-likeness (QED) is 0.808. The average Bonchev–Trinajstić information content (AvgIpc) is 2.89. The molecule has 0 bridgehead atoms. The van der Waals surface area contributed by atoms with Gasteiger partial charge in [0, 0.05) is 0 Å². The van der Waals surface area contributed by atoms with E-state index in [4.69, 9.17) is 0 Å². The molecule has 0 fully saturated rings. The summed E-state index contributed by atoms with van der Waals surface area (Å²) in [5, 5.41) is 19.6. The Morgan fingerprint density at radius 1 is 1.38 bits per heavy atom. The highest BCUT2D eigenvalue weighted by Crippen LogP contribution is 2.18. The van der Waals surface area contributed by atoms with Crippen molar-refractivity contribution < 1.29 is 19.7 Å². The second-order valence-electron chi connectivity index (χ2n) is 4.77. The molecule has 2 N–H and O–H groups in total. The van der Waals surface area contributed by atoms with Crippen LogP contribution in [0.25, 0.3) is 0 Å². The number of benzene rings is 1. The maximum Gasteiger partial charge on any atom is 0.358 e. The van der Waals surface area contributed by atoms with Gasteiger partial charge < -0.3 is 19.5 Å². The summed E-state index contributed by atoms with van der Waals surface area (Å²) in [6, 6.07) is 7.52. The first-order valence-corrected chi connectivity index (χ1v) is 6.54. The lowest BCUT2D eigenvalue weighted by molar-refractivity contribution is 0.0589. The highest BCUT2D eigenvalue weighted by atomic mass is 16.5. The van der Waals surface area contributed by atoms with E-state index < -0.39 is 12.1 Å². The van der Waals surface area contributed by atoms with Crippen molar-refractivity contribution in [3.63, 3.8) is 0 Å². The first-order valence-electron chi connectivity index (χ1n) is 6.54. The number of ether oxygens (including phenoxy) is 1. The highest BCUT2D eigenvalue weighted by molar-refractivity contribution is 5.88. The zero-order valence-electron chi connectivity index (χ0n) is 12.0. The van der Waals surface area contributed by atoms with Gasteiger partial charge in [0.05, 0.1) is 38.4 Å². The molecule has 0 unspecified atom stereocenters. The molecule has 0 aliphatic carbocycles. The Bertz CT molecular complexity index is 619. The normalized spacial score (nSPS) is 12.2. The monoisotopic (exact) mass is 290 g/mol. The van der Waals surface area contributed by atoms with Gasteiger partial charge in [0.2, 0.25) is 0 Å². The van der Waals surface area contributed by atoms with Crippen molar-refractivity contribution in [1.82, 2.24) is 9.55 Å². The highest BCUT2D eigenvalue weighted by Gasteiger charge is 2.19. The number of carbonyl (C=O) groups excluding carboxylic acids is 1. The largest absolute Gasteiger partial charge is 0.464 e. The van der Waals surface area contributed by atoms with Gasteiger partial charge in [-0.1, -0.05) is 29.8 Å². The third-order valence-corrected chi connectivity index (χ3v) is 3.31. The number of carbonyl (C=O) groups is 1. The number of hydrogen-bond donors (Lipinski definition) is 2. The van der Waals surface area contributed by atoms with Crippen LogP contribution in [0.4, 0.5) is 0 Å². The molecule has 21 heavy (non-hydrogen) atoms. The fraction of sp³-hybridized carbons (Fsp3) is 0.333. The van der Waals surface area contributed by atoms with E-state index in [0.717, 1.165) is 11.1 Å². The molecule has 1 heterocycles. The van der Waals surface area contributed by atoms with Crippen molar-refractivity contribution in [2.75, 3.05) is 7.11 Å². The number of methoxy groups -OCH3 is 1. The molecule has 0 aliphatic rings. The van der Waals surface area contributed by atoms with Gasteiger partial charge in [-0.25, -0.2) is 9.78 Å². The van der Waals surface area contributed by atoms with E-state index in [-0.39, 0.29) is 18.8 Å². The Labute approximate surface area is 122 Å². The smallest absolute Gasteiger partial charge is 0.358 e. The lowest BCUT2D eigenvalue weighted by atomic mass is 10.1. The van der Waals surface area contributed by atoms with E-state index in [9.17, 15) is 15.0 Å². The van der Waals surface area contributed by atoms with Gasteiger partial charge >= 0.3 is 5.97 Å². The Morgan fingerprint density at radius 3 is 2.62 bits per heavy atom. The third kappa shape index (κ3) is 3.29. The molecule has 0 saturated carbocycles. The zero-order valence-corrected chi connectivity index (χ0v) is 12.0. The second-order valence-corrected chi connectivity index (χ2v) is 4.77. The summed E-state index contributed by atoms with van der Waals surface area (Å²) >= 11 is 0. The predicted molar refractivity (Wildman–Crippen MR) is 75.6 cm³/mol. The molecule has 6 heteroatoms. The number of aromatic nitrogens is 2. The number of rotatable bonds is 5. The van der Waals surface area contributed by atoms with Crippen LogP contribution in [0, 0.1) is 6.92 Å². The third-order valence-electron chi connectivity index (χ3n) is 3.31. The van der Waals surface area contributed by atoms with E-state index in [2.05, 4.69) is 9.72 Å². The summed E-state index contributed by atoms with van der Waals surface area (Å²) in [6.45, 7) is 1.81. The molecule has 0 spiro atoms. The predicted octanol–water partition coefficient (Wildman–Crippen LogP) is 1.20. The van der Waals surface area contributed by atoms with Crippen LogP contribution in [0.3, 0.4) is 0 Å². The van der Waals surface area contributed by atoms with Gasteiger partial charge in [-0.05, 0) is 12.5 Å². The number of aliphatic hydroxyl groups excluding tert-OH is 2. The summed E-state index contributed by atoms with van der Waals surface area (Å²) in [7, 11) is 1.25.